The molecule has 2 aromatic rings. The number of nitrogens with one attached hydrogen (secondary N) is 2. The van der Waals surface area contributed by atoms with Crippen LogP contribution >= 0.6 is 11.3 Å². The number of aromatic amines is 1. The van der Waals surface area contributed by atoms with E-state index in [9.17, 15) is 14.4 Å². The molecule has 0 aromatic carbocycles. The van der Waals surface area contributed by atoms with Gasteiger partial charge in [0, 0.05) is 6.54 Å². The molecule has 0 aliphatic carbocycles. The number of rotatable bonds is 8. The Bertz CT molecular complexity index is 775. The van der Waals surface area contributed by atoms with Crippen molar-refractivity contribution in [1.82, 2.24) is 14.9 Å². The summed E-state index contributed by atoms with van der Waals surface area (Å²) < 4.78 is 1.42. The van der Waals surface area contributed by atoms with Crippen molar-refractivity contribution in [2.75, 3.05) is 6.54 Å². The first kappa shape index (κ1) is 17.5. The third kappa shape index (κ3) is 4.31. The van der Waals surface area contributed by atoms with Crippen LogP contribution in [0.4, 0.5) is 0 Å². The second-order valence-corrected chi connectivity index (χ2v) is 6.62. The Morgan fingerprint density at radius 2 is 2.17 bits per heavy atom. The highest BCUT2D eigenvalue weighted by Crippen LogP contribution is 2.12. The summed E-state index contributed by atoms with van der Waals surface area (Å²) in [4.78, 5) is 38.9. The minimum atomic E-state index is -0.547. The standard InChI is InChI=1S/C16H23N3O3S/c1-3-5-6-11(4-2)9-17-13(20)10-19-15(21)14-12(7-8-23-14)18-16(19)22/h7-8,11H,3-6,9-10H2,1-2H3,(H,17,20)(H,18,22)/t11-/m1/s1. The van der Waals surface area contributed by atoms with Crippen LogP contribution in [0.25, 0.3) is 10.2 Å². The van der Waals surface area contributed by atoms with Crippen molar-refractivity contribution < 1.29 is 4.79 Å². The normalized spacial score (nSPS) is 12.4. The number of thiophene rings is 1. The maximum atomic E-state index is 12.3. The van der Waals surface area contributed by atoms with E-state index >= 15 is 0 Å². The maximum Gasteiger partial charge on any atom is 0.329 e. The smallest absolute Gasteiger partial charge is 0.329 e. The van der Waals surface area contributed by atoms with E-state index in [2.05, 4.69) is 24.1 Å². The lowest BCUT2D eigenvalue weighted by atomic mass is 9.99. The number of nitrogens with zero attached hydrogens (tertiary/aromatic N) is 1. The molecule has 23 heavy (non-hydrogen) atoms. The zero-order valence-electron chi connectivity index (χ0n) is 13.6. The molecule has 0 spiro atoms. The van der Waals surface area contributed by atoms with Crippen molar-refractivity contribution in [3.8, 4) is 0 Å². The minimum Gasteiger partial charge on any atom is -0.354 e. The summed E-state index contributed by atoms with van der Waals surface area (Å²) in [5.74, 6) is 0.136. The lowest BCUT2D eigenvalue weighted by molar-refractivity contribution is -0.122. The second kappa shape index (κ2) is 8.10. The predicted molar refractivity (Wildman–Crippen MR) is 93.0 cm³/mol. The lowest BCUT2D eigenvalue weighted by Crippen LogP contribution is -2.41. The molecule has 0 unspecified atom stereocenters. The van der Waals surface area contributed by atoms with Crippen LogP contribution in [0.3, 0.4) is 0 Å². The van der Waals surface area contributed by atoms with Crippen LogP contribution in [-0.2, 0) is 11.3 Å². The lowest BCUT2D eigenvalue weighted by Gasteiger charge is -2.15. The molecule has 1 amide bonds. The summed E-state index contributed by atoms with van der Waals surface area (Å²) in [5, 5.41) is 4.58. The van der Waals surface area contributed by atoms with Crippen LogP contribution in [0.2, 0.25) is 0 Å². The molecule has 2 N–H and O–H groups in total. The summed E-state index contributed by atoms with van der Waals surface area (Å²) >= 11 is 1.26. The number of aromatic nitrogens is 2. The zero-order chi connectivity index (χ0) is 16.8. The Labute approximate surface area is 138 Å². The summed E-state index contributed by atoms with van der Waals surface area (Å²) in [5.41, 5.74) is -0.437. The highest BCUT2D eigenvalue weighted by atomic mass is 32.1. The van der Waals surface area contributed by atoms with E-state index in [0.717, 1.165) is 30.3 Å². The van der Waals surface area contributed by atoms with Crippen molar-refractivity contribution in [2.24, 2.45) is 5.92 Å². The molecule has 0 bridgehead atoms. The van der Waals surface area contributed by atoms with Crippen molar-refractivity contribution in [1.29, 1.82) is 0 Å². The van der Waals surface area contributed by atoms with Crippen LogP contribution in [0.15, 0.2) is 21.0 Å². The largest absolute Gasteiger partial charge is 0.354 e. The van der Waals surface area contributed by atoms with Crippen LogP contribution in [-0.4, -0.2) is 22.0 Å². The van der Waals surface area contributed by atoms with Gasteiger partial charge in [0.2, 0.25) is 5.91 Å². The Balaban J connectivity index is 2.03. The van der Waals surface area contributed by atoms with E-state index in [1.807, 2.05) is 0 Å². The van der Waals surface area contributed by atoms with E-state index in [0.29, 0.717) is 22.7 Å². The topological polar surface area (TPSA) is 84.0 Å². The number of hydrogen-bond donors (Lipinski definition) is 2. The fraction of sp³-hybridized carbons (Fsp3) is 0.562. The molecule has 7 heteroatoms. The zero-order valence-corrected chi connectivity index (χ0v) is 14.4. The number of hydrogen-bond acceptors (Lipinski definition) is 4. The molecular formula is C16H23N3O3S. The molecule has 1 atom stereocenters. The van der Waals surface area contributed by atoms with Gasteiger partial charge in [0.05, 0.1) is 5.52 Å². The van der Waals surface area contributed by atoms with Gasteiger partial charge in [-0.15, -0.1) is 11.3 Å². The minimum absolute atomic E-state index is 0.244. The molecule has 0 radical (unpaired) electrons. The molecular weight excluding hydrogens is 314 g/mol. The fourth-order valence-corrected chi connectivity index (χ4v) is 3.31. The summed E-state index contributed by atoms with van der Waals surface area (Å²) in [6.07, 6.45) is 4.36. The number of amides is 1. The maximum absolute atomic E-state index is 12.3. The van der Waals surface area contributed by atoms with Gasteiger partial charge in [-0.25, -0.2) is 9.36 Å². The summed E-state index contributed by atoms with van der Waals surface area (Å²) in [6.45, 7) is 4.59. The Hall–Kier alpha value is -1.89. The molecule has 6 nitrogen and oxygen atoms in total. The number of carbonyl (C=O) groups excluding carboxylic acids is 1. The monoisotopic (exact) mass is 337 g/mol. The van der Waals surface area contributed by atoms with Gasteiger partial charge in [0.1, 0.15) is 11.2 Å². The Morgan fingerprint density at radius 3 is 2.87 bits per heavy atom. The molecule has 126 valence electrons. The van der Waals surface area contributed by atoms with Gasteiger partial charge in [-0.3, -0.25) is 9.59 Å². The SMILES string of the molecule is CCCC[C@@H](CC)CNC(=O)Cn1c(=O)[nH]c2ccsc2c1=O. The molecule has 0 aliphatic heterocycles. The van der Waals surface area contributed by atoms with E-state index in [4.69, 9.17) is 0 Å². The summed E-state index contributed by atoms with van der Waals surface area (Å²) in [7, 11) is 0. The predicted octanol–water partition coefficient (Wildman–Crippen LogP) is 2.08. The highest BCUT2D eigenvalue weighted by molar-refractivity contribution is 7.17. The van der Waals surface area contributed by atoms with Crippen molar-refractivity contribution in [3.63, 3.8) is 0 Å². The number of fused-ring (bicyclic) bond motifs is 1. The second-order valence-electron chi connectivity index (χ2n) is 5.71. The third-order valence-electron chi connectivity index (χ3n) is 4.02. The molecule has 2 aromatic heterocycles. The van der Waals surface area contributed by atoms with Crippen LogP contribution in [0, 0.1) is 5.92 Å². The highest BCUT2D eigenvalue weighted by Gasteiger charge is 2.13. The number of unbranched alkanes of at least 4 members (excludes halogenated alkanes) is 1. The average Bonchev–Trinajstić information content (AvgIpc) is 3.00. The van der Waals surface area contributed by atoms with Gasteiger partial charge < -0.3 is 10.3 Å². The first-order valence-corrected chi connectivity index (χ1v) is 8.91. The van der Waals surface area contributed by atoms with Crippen molar-refractivity contribution >= 4 is 27.5 Å². The molecule has 0 saturated carbocycles. The first-order chi connectivity index (χ1) is 11.1. The van der Waals surface area contributed by atoms with Gasteiger partial charge in [0.15, 0.2) is 0 Å². The van der Waals surface area contributed by atoms with Crippen molar-refractivity contribution in [2.45, 2.75) is 46.1 Å². The molecule has 2 rings (SSSR count). The quantitative estimate of drug-likeness (QED) is 0.773. The molecule has 0 aliphatic rings. The Morgan fingerprint density at radius 1 is 1.39 bits per heavy atom. The average molecular weight is 337 g/mol. The van der Waals surface area contributed by atoms with Crippen LogP contribution in [0.5, 0.6) is 0 Å². The first-order valence-electron chi connectivity index (χ1n) is 8.03. The van der Waals surface area contributed by atoms with Crippen LogP contribution in [0.1, 0.15) is 39.5 Å². The Kier molecular flexibility index (Phi) is 6.15. The summed E-state index contributed by atoms with van der Waals surface area (Å²) in [6, 6.07) is 1.69. The molecule has 0 fully saturated rings. The van der Waals surface area contributed by atoms with Gasteiger partial charge in [-0.05, 0) is 23.8 Å². The van der Waals surface area contributed by atoms with E-state index in [-0.39, 0.29) is 12.5 Å². The fourth-order valence-electron chi connectivity index (χ4n) is 2.52. The third-order valence-corrected chi connectivity index (χ3v) is 4.93. The van der Waals surface area contributed by atoms with Gasteiger partial charge in [0.25, 0.3) is 5.56 Å². The molecule has 2 heterocycles. The van der Waals surface area contributed by atoms with Gasteiger partial charge in [-0.1, -0.05) is 33.1 Å². The molecule has 0 saturated heterocycles. The van der Waals surface area contributed by atoms with E-state index in [1.54, 1.807) is 11.4 Å². The number of carbonyl (C=O) groups is 1. The van der Waals surface area contributed by atoms with Crippen molar-refractivity contribution in [3.05, 3.63) is 32.3 Å². The van der Waals surface area contributed by atoms with E-state index in [1.165, 1.54) is 11.3 Å². The number of H-pyrrole nitrogens is 1. The van der Waals surface area contributed by atoms with E-state index < -0.39 is 11.2 Å². The van der Waals surface area contributed by atoms with Gasteiger partial charge in [-0.2, -0.15) is 0 Å². The van der Waals surface area contributed by atoms with Crippen LogP contribution < -0.4 is 16.6 Å². The van der Waals surface area contributed by atoms with Gasteiger partial charge >= 0.3 is 5.69 Å².